The Hall–Kier alpha value is -2.62. The van der Waals surface area contributed by atoms with Crippen LogP contribution in [0.5, 0.6) is 5.75 Å². The average molecular weight is 333 g/mol. The van der Waals surface area contributed by atoms with Crippen LogP contribution in [0, 0.1) is 0 Å². The van der Waals surface area contributed by atoms with Crippen LogP contribution in [0.15, 0.2) is 72.8 Å². The van der Waals surface area contributed by atoms with Gasteiger partial charge in [-0.05, 0) is 34.4 Å². The molecule has 0 aromatic heterocycles. The van der Waals surface area contributed by atoms with Gasteiger partial charge in [-0.25, -0.2) is 0 Å². The highest BCUT2D eigenvalue weighted by atomic mass is 16.5. The van der Waals surface area contributed by atoms with Crippen molar-refractivity contribution in [1.29, 1.82) is 0 Å². The molecule has 0 atom stereocenters. The van der Waals surface area contributed by atoms with E-state index in [0.717, 1.165) is 33.6 Å². The Bertz CT molecular complexity index is 801. The zero-order chi connectivity index (χ0) is 17.5. The Morgan fingerprint density at radius 1 is 0.800 bits per heavy atom. The number of benzene rings is 3. The van der Waals surface area contributed by atoms with Crippen molar-refractivity contribution in [2.45, 2.75) is 6.61 Å². The van der Waals surface area contributed by atoms with Crippen molar-refractivity contribution in [3.8, 4) is 28.0 Å². The van der Waals surface area contributed by atoms with E-state index in [9.17, 15) is 0 Å². The van der Waals surface area contributed by atoms with Crippen molar-refractivity contribution in [3.63, 3.8) is 0 Å². The van der Waals surface area contributed by atoms with Crippen LogP contribution in [0.25, 0.3) is 22.3 Å². The molecule has 0 aliphatic rings. The quantitative estimate of drug-likeness (QED) is 0.647. The highest BCUT2D eigenvalue weighted by Gasteiger charge is 2.14. The second-order valence-electron chi connectivity index (χ2n) is 5.78. The summed E-state index contributed by atoms with van der Waals surface area (Å²) in [5.74, 6) is 0.831. The van der Waals surface area contributed by atoms with Gasteiger partial charge in [-0.15, -0.1) is 0 Å². The lowest BCUT2D eigenvalue weighted by atomic mass is 9.94. The summed E-state index contributed by atoms with van der Waals surface area (Å²) in [6.45, 7) is 1.50. The Morgan fingerprint density at radius 2 is 1.44 bits per heavy atom. The molecule has 3 rings (SSSR count). The molecule has 3 aromatic carbocycles. The van der Waals surface area contributed by atoms with Crippen molar-refractivity contribution in [2.75, 3.05) is 20.3 Å². The largest absolute Gasteiger partial charge is 0.496 e. The predicted octanol–water partition coefficient (Wildman–Crippen LogP) is 4.50. The number of rotatable bonds is 7. The summed E-state index contributed by atoms with van der Waals surface area (Å²) in [5, 5.41) is 0. The normalized spacial score (nSPS) is 10.6. The van der Waals surface area contributed by atoms with Crippen LogP contribution in [-0.2, 0) is 11.3 Å². The minimum absolute atomic E-state index is 0.472. The summed E-state index contributed by atoms with van der Waals surface area (Å²) < 4.78 is 11.4. The van der Waals surface area contributed by atoms with E-state index in [1.54, 1.807) is 7.11 Å². The van der Waals surface area contributed by atoms with Crippen molar-refractivity contribution in [1.82, 2.24) is 0 Å². The Morgan fingerprint density at radius 3 is 2.04 bits per heavy atom. The van der Waals surface area contributed by atoms with Crippen LogP contribution in [-0.4, -0.2) is 20.3 Å². The van der Waals surface area contributed by atoms with Gasteiger partial charge < -0.3 is 15.2 Å². The first-order chi connectivity index (χ1) is 12.3. The van der Waals surface area contributed by atoms with Crippen LogP contribution < -0.4 is 10.5 Å². The summed E-state index contributed by atoms with van der Waals surface area (Å²) in [6.07, 6.45) is 0. The predicted molar refractivity (Wildman–Crippen MR) is 103 cm³/mol. The van der Waals surface area contributed by atoms with E-state index in [2.05, 4.69) is 36.4 Å². The average Bonchev–Trinajstić information content (AvgIpc) is 2.69. The number of ether oxygens (including phenoxy) is 2. The summed E-state index contributed by atoms with van der Waals surface area (Å²) in [7, 11) is 1.70. The highest BCUT2D eigenvalue weighted by Crippen LogP contribution is 2.36. The smallest absolute Gasteiger partial charge is 0.125 e. The molecular formula is C22H23NO2. The molecule has 0 aliphatic heterocycles. The third-order valence-corrected chi connectivity index (χ3v) is 4.13. The first-order valence-corrected chi connectivity index (χ1v) is 8.43. The minimum Gasteiger partial charge on any atom is -0.496 e. The van der Waals surface area contributed by atoms with E-state index in [1.807, 2.05) is 36.4 Å². The maximum atomic E-state index is 5.71. The monoisotopic (exact) mass is 333 g/mol. The van der Waals surface area contributed by atoms with Gasteiger partial charge in [0.1, 0.15) is 5.75 Å². The van der Waals surface area contributed by atoms with E-state index < -0.39 is 0 Å². The fraction of sp³-hybridized carbons (Fsp3) is 0.182. The molecule has 0 saturated carbocycles. The zero-order valence-electron chi connectivity index (χ0n) is 14.4. The van der Waals surface area contributed by atoms with E-state index in [-0.39, 0.29) is 0 Å². The van der Waals surface area contributed by atoms with Crippen LogP contribution in [0.1, 0.15) is 5.56 Å². The third kappa shape index (κ3) is 4.08. The maximum Gasteiger partial charge on any atom is 0.125 e. The van der Waals surface area contributed by atoms with E-state index in [0.29, 0.717) is 19.8 Å². The molecule has 0 aliphatic carbocycles. The van der Waals surface area contributed by atoms with Crippen molar-refractivity contribution in [3.05, 3.63) is 78.4 Å². The first kappa shape index (κ1) is 17.2. The van der Waals surface area contributed by atoms with E-state index in [1.165, 1.54) is 0 Å². The molecule has 3 aromatic rings. The molecule has 0 bridgehead atoms. The Labute approximate surface area is 149 Å². The first-order valence-electron chi connectivity index (χ1n) is 8.43. The number of nitrogens with two attached hydrogens (primary N) is 1. The minimum atomic E-state index is 0.472. The molecule has 0 amide bonds. The zero-order valence-corrected chi connectivity index (χ0v) is 14.4. The summed E-state index contributed by atoms with van der Waals surface area (Å²) in [4.78, 5) is 0. The second-order valence-corrected chi connectivity index (χ2v) is 5.78. The topological polar surface area (TPSA) is 44.5 Å². The van der Waals surface area contributed by atoms with Gasteiger partial charge in [0.05, 0.1) is 20.3 Å². The van der Waals surface area contributed by atoms with Gasteiger partial charge >= 0.3 is 0 Å². The summed E-state index contributed by atoms with van der Waals surface area (Å²) in [6, 6.07) is 24.9. The highest BCUT2D eigenvalue weighted by molar-refractivity contribution is 5.78. The van der Waals surface area contributed by atoms with Gasteiger partial charge in [0, 0.05) is 12.1 Å². The lowest BCUT2D eigenvalue weighted by Crippen LogP contribution is -2.09. The number of hydrogen-bond acceptors (Lipinski definition) is 3. The van der Waals surface area contributed by atoms with Crippen molar-refractivity contribution in [2.24, 2.45) is 5.73 Å². The molecule has 128 valence electrons. The van der Waals surface area contributed by atoms with Crippen LogP contribution in [0.4, 0.5) is 0 Å². The van der Waals surface area contributed by atoms with Gasteiger partial charge in [0.2, 0.25) is 0 Å². The molecular weight excluding hydrogens is 310 g/mol. The summed E-state index contributed by atoms with van der Waals surface area (Å²) >= 11 is 0. The van der Waals surface area contributed by atoms with Gasteiger partial charge in [-0.1, -0.05) is 60.7 Å². The molecule has 0 heterocycles. The Balaban J connectivity index is 2.13. The summed E-state index contributed by atoms with van der Waals surface area (Å²) in [5.41, 5.74) is 11.1. The van der Waals surface area contributed by atoms with Crippen LogP contribution >= 0.6 is 0 Å². The van der Waals surface area contributed by atoms with Gasteiger partial charge in [-0.3, -0.25) is 0 Å². The van der Waals surface area contributed by atoms with E-state index >= 15 is 0 Å². The number of methoxy groups -OCH3 is 1. The third-order valence-electron chi connectivity index (χ3n) is 4.13. The SMILES string of the molecule is COc1cc(-c2ccccc2)cc(-c2ccccc2)c1COCCN. The maximum absolute atomic E-state index is 5.71. The molecule has 2 N–H and O–H groups in total. The van der Waals surface area contributed by atoms with Crippen LogP contribution in [0.3, 0.4) is 0 Å². The van der Waals surface area contributed by atoms with Gasteiger partial charge in [-0.2, -0.15) is 0 Å². The van der Waals surface area contributed by atoms with Crippen molar-refractivity contribution >= 4 is 0 Å². The standard InChI is InChI=1S/C22H23NO2/c1-24-22-15-19(17-8-4-2-5-9-17)14-20(18-10-6-3-7-11-18)21(22)16-25-13-12-23/h2-11,14-15H,12-13,16,23H2,1H3. The molecule has 3 heteroatoms. The van der Waals surface area contributed by atoms with Crippen LogP contribution in [0.2, 0.25) is 0 Å². The fourth-order valence-corrected chi connectivity index (χ4v) is 2.91. The lowest BCUT2D eigenvalue weighted by molar-refractivity contribution is 0.126. The second kappa shape index (κ2) is 8.47. The van der Waals surface area contributed by atoms with Gasteiger partial charge in [0.15, 0.2) is 0 Å². The molecule has 0 fully saturated rings. The number of hydrogen-bond donors (Lipinski definition) is 1. The van der Waals surface area contributed by atoms with Crippen molar-refractivity contribution < 1.29 is 9.47 Å². The fourth-order valence-electron chi connectivity index (χ4n) is 2.91. The Kier molecular flexibility index (Phi) is 5.83. The molecule has 25 heavy (non-hydrogen) atoms. The lowest BCUT2D eigenvalue weighted by Gasteiger charge is -2.17. The van der Waals surface area contributed by atoms with E-state index in [4.69, 9.17) is 15.2 Å². The molecule has 0 unspecified atom stereocenters. The van der Waals surface area contributed by atoms with Gasteiger partial charge in [0.25, 0.3) is 0 Å². The molecule has 0 saturated heterocycles. The molecule has 3 nitrogen and oxygen atoms in total. The molecule has 0 radical (unpaired) electrons. The molecule has 0 spiro atoms.